The third-order valence-electron chi connectivity index (χ3n) is 3.30. The zero-order chi connectivity index (χ0) is 14.0. The van der Waals surface area contributed by atoms with Crippen molar-refractivity contribution < 1.29 is 4.79 Å². The Labute approximate surface area is 122 Å². The number of nitrogens with zero attached hydrogens (tertiary/aromatic N) is 2. The maximum absolute atomic E-state index is 12.3. The van der Waals surface area contributed by atoms with Gasteiger partial charge < -0.3 is 16.0 Å². The molecule has 3 N–H and O–H groups in total. The van der Waals surface area contributed by atoms with Gasteiger partial charge in [-0.2, -0.15) is 11.8 Å². The van der Waals surface area contributed by atoms with E-state index in [2.05, 4.69) is 16.6 Å². The summed E-state index contributed by atoms with van der Waals surface area (Å²) in [5, 5.41) is 4.38. The Morgan fingerprint density at radius 3 is 2.84 bits per heavy atom. The molecule has 5 nitrogen and oxygen atoms in total. The lowest BCUT2D eigenvalue weighted by Crippen LogP contribution is -2.38. The molecule has 0 spiro atoms. The largest absolute Gasteiger partial charge is 0.382 e. The Morgan fingerprint density at radius 1 is 1.53 bits per heavy atom. The number of hydrogen-bond acceptors (Lipinski definition) is 6. The molecule has 0 bridgehead atoms. The van der Waals surface area contributed by atoms with Crippen molar-refractivity contribution in [1.82, 2.24) is 10.3 Å². The van der Waals surface area contributed by atoms with Crippen LogP contribution in [0.5, 0.6) is 0 Å². The van der Waals surface area contributed by atoms with Gasteiger partial charge in [0.05, 0.1) is 0 Å². The van der Waals surface area contributed by atoms with Crippen LogP contribution in [-0.2, 0) is 0 Å². The van der Waals surface area contributed by atoms with Gasteiger partial charge in [-0.15, -0.1) is 0 Å². The number of rotatable bonds is 4. The minimum Gasteiger partial charge on any atom is -0.382 e. The topological polar surface area (TPSA) is 71.2 Å². The molecule has 1 aromatic rings. The number of nitrogens with one attached hydrogen (secondary N) is 1. The molecular formula is C12H20N4OS2. The van der Waals surface area contributed by atoms with Crippen LogP contribution in [0, 0.1) is 0 Å². The van der Waals surface area contributed by atoms with Crippen molar-refractivity contribution in [3.63, 3.8) is 0 Å². The molecule has 1 amide bonds. The van der Waals surface area contributed by atoms with Crippen molar-refractivity contribution in [2.45, 2.75) is 30.6 Å². The van der Waals surface area contributed by atoms with Crippen LogP contribution >= 0.6 is 23.1 Å². The summed E-state index contributed by atoms with van der Waals surface area (Å²) < 4.78 is 0. The molecule has 1 aliphatic rings. The number of carbonyl (C=O) groups excluding carboxylic acids is 1. The zero-order valence-corrected chi connectivity index (χ0v) is 13.1. The van der Waals surface area contributed by atoms with Gasteiger partial charge in [0.1, 0.15) is 10.7 Å². The van der Waals surface area contributed by atoms with Crippen LogP contribution in [0.4, 0.5) is 10.9 Å². The standard InChI is InChI=1S/C12H20N4OS2/c1-16(2)12-15-10(13)9(19-12)11(17)14-7-5-4-6-8(7)18-3/h7-8H,4-6,13H2,1-3H3,(H,14,17). The fraction of sp³-hybridized carbons (Fsp3) is 0.667. The van der Waals surface area contributed by atoms with Crippen molar-refractivity contribution in [2.75, 3.05) is 31.0 Å². The lowest BCUT2D eigenvalue weighted by atomic mass is 10.2. The predicted molar refractivity (Wildman–Crippen MR) is 83.3 cm³/mol. The van der Waals surface area contributed by atoms with E-state index in [-0.39, 0.29) is 11.9 Å². The van der Waals surface area contributed by atoms with Crippen LogP contribution in [0.15, 0.2) is 0 Å². The SMILES string of the molecule is CSC1CCCC1NC(=O)c1sc(N(C)C)nc1N. The van der Waals surface area contributed by atoms with Gasteiger partial charge in [-0.25, -0.2) is 4.98 Å². The molecule has 1 saturated carbocycles. The smallest absolute Gasteiger partial charge is 0.265 e. The lowest BCUT2D eigenvalue weighted by Gasteiger charge is -2.18. The average Bonchev–Trinajstić information content (AvgIpc) is 2.95. The summed E-state index contributed by atoms with van der Waals surface area (Å²) in [4.78, 5) is 18.9. The number of carbonyl (C=O) groups is 1. The van der Waals surface area contributed by atoms with Crippen LogP contribution in [0.1, 0.15) is 28.9 Å². The first-order valence-corrected chi connectivity index (χ1v) is 8.40. The zero-order valence-electron chi connectivity index (χ0n) is 11.5. The molecule has 1 aliphatic carbocycles. The second-order valence-electron chi connectivity index (χ2n) is 4.89. The second-order valence-corrected chi connectivity index (χ2v) is 6.94. The van der Waals surface area contributed by atoms with Gasteiger partial charge in [-0.3, -0.25) is 4.79 Å². The first-order valence-electron chi connectivity index (χ1n) is 6.30. The minimum absolute atomic E-state index is 0.0888. The molecule has 19 heavy (non-hydrogen) atoms. The first kappa shape index (κ1) is 14.5. The fourth-order valence-corrected chi connectivity index (χ4v) is 4.03. The molecule has 7 heteroatoms. The van der Waals surface area contributed by atoms with Crippen LogP contribution in [-0.4, -0.2) is 42.5 Å². The number of hydrogen-bond donors (Lipinski definition) is 2. The second kappa shape index (κ2) is 6.00. The monoisotopic (exact) mass is 300 g/mol. The average molecular weight is 300 g/mol. The number of aromatic nitrogens is 1. The van der Waals surface area contributed by atoms with E-state index in [1.165, 1.54) is 24.2 Å². The number of thioether (sulfide) groups is 1. The van der Waals surface area contributed by atoms with Crippen molar-refractivity contribution in [1.29, 1.82) is 0 Å². The summed E-state index contributed by atoms with van der Waals surface area (Å²) >= 11 is 3.16. The van der Waals surface area contributed by atoms with Crippen LogP contribution in [0.2, 0.25) is 0 Å². The lowest BCUT2D eigenvalue weighted by molar-refractivity contribution is 0.0943. The molecule has 1 aromatic heterocycles. The van der Waals surface area contributed by atoms with Gasteiger partial charge >= 0.3 is 0 Å². The van der Waals surface area contributed by atoms with Gasteiger partial charge in [-0.1, -0.05) is 17.8 Å². The van der Waals surface area contributed by atoms with Crippen LogP contribution in [0.25, 0.3) is 0 Å². The van der Waals surface area contributed by atoms with Crippen molar-refractivity contribution in [2.24, 2.45) is 0 Å². The van der Waals surface area contributed by atoms with E-state index in [0.717, 1.165) is 11.6 Å². The highest BCUT2D eigenvalue weighted by Gasteiger charge is 2.29. The van der Waals surface area contributed by atoms with Crippen LogP contribution in [0.3, 0.4) is 0 Å². The summed E-state index contributed by atoms with van der Waals surface area (Å²) in [6.07, 6.45) is 5.50. The molecule has 2 atom stereocenters. The summed E-state index contributed by atoms with van der Waals surface area (Å²) in [7, 11) is 3.78. The molecule has 1 fully saturated rings. The maximum Gasteiger partial charge on any atom is 0.265 e. The fourth-order valence-electron chi connectivity index (χ4n) is 2.28. The van der Waals surface area contributed by atoms with E-state index in [4.69, 9.17) is 5.73 Å². The number of nitrogens with two attached hydrogens (primary N) is 1. The van der Waals surface area contributed by atoms with E-state index in [1.807, 2.05) is 30.8 Å². The van der Waals surface area contributed by atoms with E-state index < -0.39 is 0 Å². The number of anilines is 2. The third kappa shape index (κ3) is 3.14. The van der Waals surface area contributed by atoms with Gasteiger partial charge in [0.2, 0.25) is 0 Å². The Bertz CT molecular complexity index is 461. The van der Waals surface area contributed by atoms with Crippen molar-refractivity contribution in [3.8, 4) is 0 Å². The highest BCUT2D eigenvalue weighted by Crippen LogP contribution is 2.30. The third-order valence-corrected chi connectivity index (χ3v) is 5.71. The van der Waals surface area contributed by atoms with E-state index in [0.29, 0.717) is 15.9 Å². The summed E-state index contributed by atoms with van der Waals surface area (Å²) in [5.74, 6) is 0.235. The summed E-state index contributed by atoms with van der Waals surface area (Å²) in [6.45, 7) is 0. The number of amides is 1. The molecule has 2 rings (SSSR count). The minimum atomic E-state index is -0.0888. The quantitative estimate of drug-likeness (QED) is 0.887. The molecule has 0 saturated heterocycles. The Kier molecular flexibility index (Phi) is 4.57. The van der Waals surface area contributed by atoms with Crippen molar-refractivity contribution >= 4 is 40.0 Å². The molecule has 0 aromatic carbocycles. The van der Waals surface area contributed by atoms with Gasteiger partial charge in [0.15, 0.2) is 5.13 Å². The van der Waals surface area contributed by atoms with Gasteiger partial charge in [0, 0.05) is 25.4 Å². The predicted octanol–water partition coefficient (Wildman–Crippen LogP) is 1.81. The van der Waals surface area contributed by atoms with E-state index in [1.54, 1.807) is 0 Å². The highest BCUT2D eigenvalue weighted by atomic mass is 32.2. The maximum atomic E-state index is 12.3. The molecule has 2 unspecified atom stereocenters. The molecule has 0 aliphatic heterocycles. The Hall–Kier alpha value is -0.950. The molecular weight excluding hydrogens is 280 g/mol. The molecule has 1 heterocycles. The number of nitrogen functional groups attached to an aromatic ring is 1. The normalized spacial score (nSPS) is 22.5. The van der Waals surface area contributed by atoms with E-state index >= 15 is 0 Å². The van der Waals surface area contributed by atoms with Crippen molar-refractivity contribution in [3.05, 3.63) is 4.88 Å². The summed E-state index contributed by atoms with van der Waals surface area (Å²) in [6, 6.07) is 0.256. The van der Waals surface area contributed by atoms with Crippen LogP contribution < -0.4 is 16.0 Å². The van der Waals surface area contributed by atoms with E-state index in [9.17, 15) is 4.79 Å². The molecule has 106 valence electrons. The first-order chi connectivity index (χ1) is 9.02. The summed E-state index contributed by atoms with van der Waals surface area (Å²) in [5.41, 5.74) is 5.83. The van der Waals surface area contributed by atoms with Gasteiger partial charge in [-0.05, 0) is 19.1 Å². The highest BCUT2D eigenvalue weighted by molar-refractivity contribution is 7.99. The number of thiazole rings is 1. The van der Waals surface area contributed by atoms with Gasteiger partial charge in [0.25, 0.3) is 5.91 Å². The Balaban J connectivity index is 2.07. The molecule has 0 radical (unpaired) electrons. The Morgan fingerprint density at radius 2 is 2.26 bits per heavy atom.